The van der Waals surface area contributed by atoms with Crippen molar-refractivity contribution >= 4 is 23.6 Å². The van der Waals surface area contributed by atoms with Gasteiger partial charge in [-0.05, 0) is 49.4 Å². The number of amides is 4. The topological polar surface area (TPSA) is 87.2 Å². The molecule has 1 unspecified atom stereocenters. The Morgan fingerprint density at radius 1 is 0.889 bits per heavy atom. The van der Waals surface area contributed by atoms with E-state index in [0.717, 1.165) is 25.7 Å². The number of benzene rings is 2. The van der Waals surface area contributed by atoms with Crippen LogP contribution in [0.4, 0.5) is 0 Å². The minimum absolute atomic E-state index is 0.117. The molecule has 5 rings (SSSR count). The highest BCUT2D eigenvalue weighted by atomic mass is 16.5. The third-order valence-electron chi connectivity index (χ3n) is 7.25. The quantitative estimate of drug-likeness (QED) is 0.558. The molecule has 1 atom stereocenters. The van der Waals surface area contributed by atoms with Crippen molar-refractivity contribution in [2.75, 3.05) is 39.3 Å². The fraction of sp³-hybridized carbons (Fsp3) is 0.429. The first kappa shape index (κ1) is 24.2. The van der Waals surface area contributed by atoms with E-state index in [2.05, 4.69) is 12.1 Å². The summed E-state index contributed by atoms with van der Waals surface area (Å²) in [6, 6.07) is 14.9. The van der Waals surface area contributed by atoms with Gasteiger partial charge in [-0.3, -0.25) is 24.1 Å². The number of hydrogen-bond acceptors (Lipinski definition) is 5. The summed E-state index contributed by atoms with van der Waals surface area (Å²) in [5.74, 6) is -0.771. The first-order chi connectivity index (χ1) is 17.5. The third-order valence-corrected chi connectivity index (χ3v) is 7.25. The number of piperazine rings is 1. The van der Waals surface area contributed by atoms with Gasteiger partial charge in [0, 0.05) is 44.8 Å². The van der Waals surface area contributed by atoms with Crippen molar-refractivity contribution in [3.63, 3.8) is 0 Å². The second kappa shape index (κ2) is 10.6. The minimum atomic E-state index is -0.369. The van der Waals surface area contributed by atoms with Crippen molar-refractivity contribution in [3.05, 3.63) is 70.8 Å². The second-order valence-corrected chi connectivity index (χ2v) is 9.63. The summed E-state index contributed by atoms with van der Waals surface area (Å²) >= 11 is 0. The number of carbonyl (C=O) groups excluding carboxylic acids is 4. The van der Waals surface area contributed by atoms with Crippen LogP contribution in [0.1, 0.15) is 62.3 Å². The first-order valence-electron chi connectivity index (χ1n) is 12.7. The SMILES string of the molecule is O=C(CCCc1ccccc1)N1CCN(C(=O)c2ccc3c(c2)C(=O)N(CC2CCCO2)C3=O)CC1. The summed E-state index contributed by atoms with van der Waals surface area (Å²) in [5.41, 5.74) is 2.22. The molecule has 0 aliphatic carbocycles. The highest BCUT2D eigenvalue weighted by Crippen LogP contribution is 2.26. The van der Waals surface area contributed by atoms with Gasteiger partial charge in [-0.15, -0.1) is 0 Å². The molecule has 3 aliphatic rings. The van der Waals surface area contributed by atoms with Gasteiger partial charge in [0.25, 0.3) is 17.7 Å². The van der Waals surface area contributed by atoms with Crippen molar-refractivity contribution in [1.29, 1.82) is 0 Å². The van der Waals surface area contributed by atoms with Crippen LogP contribution >= 0.6 is 0 Å². The minimum Gasteiger partial charge on any atom is -0.376 e. The smallest absolute Gasteiger partial charge is 0.261 e. The average Bonchev–Trinajstić information content (AvgIpc) is 3.51. The zero-order valence-corrected chi connectivity index (χ0v) is 20.4. The Bertz CT molecular complexity index is 1150. The Kier molecular flexibility index (Phi) is 7.13. The number of ether oxygens (including phenoxy) is 1. The lowest BCUT2D eigenvalue weighted by Crippen LogP contribution is -2.50. The summed E-state index contributed by atoms with van der Waals surface area (Å²) in [4.78, 5) is 56.2. The molecule has 0 radical (unpaired) electrons. The third kappa shape index (κ3) is 5.04. The van der Waals surface area contributed by atoms with Gasteiger partial charge in [0.15, 0.2) is 0 Å². The van der Waals surface area contributed by atoms with Crippen LogP contribution in [-0.2, 0) is 16.0 Å². The van der Waals surface area contributed by atoms with E-state index >= 15 is 0 Å². The van der Waals surface area contributed by atoms with E-state index in [4.69, 9.17) is 4.74 Å². The van der Waals surface area contributed by atoms with Crippen molar-refractivity contribution in [1.82, 2.24) is 14.7 Å². The Balaban J connectivity index is 1.14. The maximum absolute atomic E-state index is 13.1. The molecule has 0 aromatic heterocycles. The van der Waals surface area contributed by atoms with Crippen LogP contribution in [0.15, 0.2) is 48.5 Å². The largest absolute Gasteiger partial charge is 0.376 e. The Hall–Kier alpha value is -3.52. The molecule has 0 N–H and O–H groups in total. The number of rotatable bonds is 7. The molecule has 3 aliphatic heterocycles. The summed E-state index contributed by atoms with van der Waals surface area (Å²) < 4.78 is 5.58. The predicted octanol–water partition coefficient (Wildman–Crippen LogP) is 2.77. The molecule has 0 saturated carbocycles. The Morgan fingerprint density at radius 2 is 1.61 bits per heavy atom. The average molecular weight is 490 g/mol. The van der Waals surface area contributed by atoms with Gasteiger partial charge in [-0.1, -0.05) is 30.3 Å². The molecule has 0 bridgehead atoms. The van der Waals surface area contributed by atoms with Gasteiger partial charge in [0.05, 0.1) is 23.8 Å². The normalized spacial score (nSPS) is 19.7. The highest BCUT2D eigenvalue weighted by molar-refractivity contribution is 6.22. The Labute approximate surface area is 210 Å². The van der Waals surface area contributed by atoms with Crippen molar-refractivity contribution in [2.45, 2.75) is 38.2 Å². The van der Waals surface area contributed by atoms with E-state index < -0.39 is 0 Å². The molecule has 2 aromatic rings. The fourth-order valence-corrected chi connectivity index (χ4v) is 5.17. The molecule has 188 valence electrons. The van der Waals surface area contributed by atoms with Crippen LogP contribution in [0.5, 0.6) is 0 Å². The number of fused-ring (bicyclic) bond motifs is 1. The zero-order valence-electron chi connectivity index (χ0n) is 20.4. The van der Waals surface area contributed by atoms with E-state index in [9.17, 15) is 19.2 Å². The fourth-order valence-electron chi connectivity index (χ4n) is 5.17. The van der Waals surface area contributed by atoms with Crippen LogP contribution in [0.25, 0.3) is 0 Å². The van der Waals surface area contributed by atoms with Crippen LogP contribution in [0, 0.1) is 0 Å². The van der Waals surface area contributed by atoms with Gasteiger partial charge in [-0.2, -0.15) is 0 Å². The molecule has 2 saturated heterocycles. The lowest BCUT2D eigenvalue weighted by molar-refractivity contribution is -0.132. The van der Waals surface area contributed by atoms with E-state index in [-0.39, 0.29) is 41.8 Å². The van der Waals surface area contributed by atoms with Gasteiger partial charge in [0.1, 0.15) is 0 Å². The lowest BCUT2D eigenvalue weighted by Gasteiger charge is -2.35. The van der Waals surface area contributed by atoms with E-state index in [1.165, 1.54) is 16.5 Å². The molecule has 36 heavy (non-hydrogen) atoms. The lowest BCUT2D eigenvalue weighted by atomic mass is 10.0. The molecular formula is C28H31N3O5. The first-order valence-corrected chi connectivity index (χ1v) is 12.7. The molecule has 3 heterocycles. The summed E-state index contributed by atoms with van der Waals surface area (Å²) in [6.07, 6.45) is 3.80. The number of nitrogens with zero attached hydrogens (tertiary/aromatic N) is 3. The highest BCUT2D eigenvalue weighted by Gasteiger charge is 2.38. The predicted molar refractivity (Wildman–Crippen MR) is 133 cm³/mol. The van der Waals surface area contributed by atoms with Crippen molar-refractivity contribution < 1.29 is 23.9 Å². The van der Waals surface area contributed by atoms with Gasteiger partial charge >= 0.3 is 0 Å². The van der Waals surface area contributed by atoms with Crippen LogP contribution in [0.2, 0.25) is 0 Å². The standard InChI is InChI=1S/C28H31N3O5/c32-25(10-4-8-20-6-2-1-3-7-20)29-13-15-30(16-14-29)26(33)21-11-12-23-24(18-21)28(35)31(27(23)34)19-22-9-5-17-36-22/h1-3,6-7,11-12,18,22H,4-5,8-10,13-17,19H2. The molecule has 8 heteroatoms. The molecule has 0 spiro atoms. The summed E-state index contributed by atoms with van der Waals surface area (Å²) in [7, 11) is 0. The number of aryl methyl sites for hydroxylation is 1. The summed E-state index contributed by atoms with van der Waals surface area (Å²) in [5, 5.41) is 0. The maximum atomic E-state index is 13.1. The van der Waals surface area contributed by atoms with Crippen molar-refractivity contribution in [3.8, 4) is 0 Å². The van der Waals surface area contributed by atoms with Crippen LogP contribution in [0.3, 0.4) is 0 Å². The van der Waals surface area contributed by atoms with E-state index in [0.29, 0.717) is 50.3 Å². The monoisotopic (exact) mass is 489 g/mol. The molecule has 4 amide bonds. The van der Waals surface area contributed by atoms with Gasteiger partial charge < -0.3 is 14.5 Å². The second-order valence-electron chi connectivity index (χ2n) is 9.63. The maximum Gasteiger partial charge on any atom is 0.261 e. The number of hydrogen-bond donors (Lipinski definition) is 0. The van der Waals surface area contributed by atoms with E-state index in [1.807, 2.05) is 23.1 Å². The molecule has 2 aromatic carbocycles. The van der Waals surface area contributed by atoms with Crippen molar-refractivity contribution in [2.24, 2.45) is 0 Å². The van der Waals surface area contributed by atoms with Crippen LogP contribution < -0.4 is 0 Å². The van der Waals surface area contributed by atoms with Gasteiger partial charge in [0.2, 0.25) is 5.91 Å². The van der Waals surface area contributed by atoms with Crippen LogP contribution in [-0.4, -0.2) is 83.8 Å². The molecular weight excluding hydrogens is 458 g/mol. The Morgan fingerprint density at radius 3 is 2.33 bits per heavy atom. The molecule has 2 fully saturated rings. The number of imide groups is 1. The van der Waals surface area contributed by atoms with Gasteiger partial charge in [-0.25, -0.2) is 0 Å². The molecule has 8 nitrogen and oxygen atoms in total. The number of carbonyl (C=O) groups is 4. The van der Waals surface area contributed by atoms with E-state index in [1.54, 1.807) is 17.0 Å². The zero-order chi connectivity index (χ0) is 25.1. The summed E-state index contributed by atoms with van der Waals surface area (Å²) in [6.45, 7) is 2.77.